The number of benzene rings is 2. The summed E-state index contributed by atoms with van der Waals surface area (Å²) in [7, 11) is 1.54. The molecule has 0 saturated carbocycles. The summed E-state index contributed by atoms with van der Waals surface area (Å²) in [5.74, 6) is -0.465. The normalized spacial score (nSPS) is 21.2. The number of methoxy groups -OCH3 is 1. The summed E-state index contributed by atoms with van der Waals surface area (Å²) in [6, 6.07) is 11.5. The number of ketones is 1. The molecule has 168 valence electrons. The molecule has 1 amide bonds. The number of ether oxygens (including phenoxy) is 2. The number of fused-ring (bicyclic) bond motifs is 1. The number of aliphatic hydroxyl groups is 1. The third kappa shape index (κ3) is 3.54. The Morgan fingerprint density at radius 3 is 2.76 bits per heavy atom. The van der Waals surface area contributed by atoms with Crippen LogP contribution in [0.1, 0.15) is 34.7 Å². The fourth-order valence-electron chi connectivity index (χ4n) is 4.27. The van der Waals surface area contributed by atoms with Gasteiger partial charge in [0.25, 0.3) is 5.78 Å². The Morgan fingerprint density at radius 1 is 1.21 bits per heavy atom. The molecular weight excluding hydrogens is 442 g/mol. The largest absolute Gasteiger partial charge is 0.507 e. The van der Waals surface area contributed by atoms with Crippen LogP contribution in [-0.4, -0.2) is 40.2 Å². The monoisotopic (exact) mass is 463 g/mol. The minimum atomic E-state index is -0.879. The van der Waals surface area contributed by atoms with Crippen molar-refractivity contribution in [3.8, 4) is 11.5 Å². The maximum absolute atomic E-state index is 13.2. The maximum Gasteiger partial charge on any atom is 0.301 e. The van der Waals surface area contributed by atoms with Gasteiger partial charge in [0, 0.05) is 12.0 Å². The van der Waals surface area contributed by atoms with Gasteiger partial charge in [-0.2, -0.15) is 0 Å². The summed E-state index contributed by atoms with van der Waals surface area (Å²) >= 11 is 1.20. The third-order valence-electron chi connectivity index (χ3n) is 5.74. The van der Waals surface area contributed by atoms with Gasteiger partial charge in [0.1, 0.15) is 28.4 Å². The van der Waals surface area contributed by atoms with E-state index in [0.717, 1.165) is 11.3 Å². The van der Waals surface area contributed by atoms with E-state index in [1.54, 1.807) is 49.4 Å². The van der Waals surface area contributed by atoms with E-state index in [4.69, 9.17) is 9.47 Å². The van der Waals surface area contributed by atoms with Crippen LogP contribution in [0.25, 0.3) is 5.76 Å². The smallest absolute Gasteiger partial charge is 0.301 e. The van der Waals surface area contributed by atoms with Gasteiger partial charge < -0.3 is 14.6 Å². The zero-order valence-corrected chi connectivity index (χ0v) is 19.0. The molecule has 0 unspecified atom stereocenters. The van der Waals surface area contributed by atoms with E-state index in [1.807, 2.05) is 6.92 Å². The third-order valence-corrected chi connectivity index (χ3v) is 6.58. The lowest BCUT2D eigenvalue weighted by molar-refractivity contribution is -0.132. The Hall–Kier alpha value is -3.72. The van der Waals surface area contributed by atoms with Crippen LogP contribution in [-0.2, 0) is 16.0 Å². The number of rotatable bonds is 4. The first-order valence-corrected chi connectivity index (χ1v) is 11.2. The molecule has 1 saturated heterocycles. The van der Waals surface area contributed by atoms with E-state index in [2.05, 4.69) is 10.2 Å². The summed E-state index contributed by atoms with van der Waals surface area (Å²) in [5.41, 5.74) is 2.00. The minimum absolute atomic E-state index is 0.00646. The van der Waals surface area contributed by atoms with Gasteiger partial charge in [-0.1, -0.05) is 23.5 Å². The van der Waals surface area contributed by atoms with Crippen LogP contribution in [0.5, 0.6) is 11.5 Å². The van der Waals surface area contributed by atoms with Crippen molar-refractivity contribution >= 4 is 33.9 Å². The van der Waals surface area contributed by atoms with Crippen LogP contribution in [0.4, 0.5) is 5.13 Å². The molecule has 0 aliphatic carbocycles. The number of aliphatic hydroxyl groups excluding tert-OH is 1. The Labute approximate surface area is 194 Å². The van der Waals surface area contributed by atoms with Gasteiger partial charge in [0.2, 0.25) is 5.13 Å². The number of anilines is 1. The van der Waals surface area contributed by atoms with Crippen LogP contribution in [0.15, 0.2) is 48.0 Å². The number of Topliss-reactive ketones (excluding diaryl/α,β-unsaturated/α-hetero) is 1. The summed E-state index contributed by atoms with van der Waals surface area (Å²) in [6.07, 6.45) is 0.745. The van der Waals surface area contributed by atoms with E-state index in [1.165, 1.54) is 23.3 Å². The number of hydrogen-bond acceptors (Lipinski definition) is 8. The van der Waals surface area contributed by atoms with Crippen molar-refractivity contribution in [1.29, 1.82) is 0 Å². The molecule has 0 bridgehead atoms. The van der Waals surface area contributed by atoms with Crippen molar-refractivity contribution in [1.82, 2.24) is 10.2 Å². The minimum Gasteiger partial charge on any atom is -0.507 e. The molecule has 8 nitrogen and oxygen atoms in total. The molecule has 33 heavy (non-hydrogen) atoms. The molecule has 9 heteroatoms. The Morgan fingerprint density at radius 2 is 2.03 bits per heavy atom. The highest BCUT2D eigenvalue weighted by atomic mass is 32.1. The van der Waals surface area contributed by atoms with Gasteiger partial charge in [-0.25, -0.2) is 0 Å². The van der Waals surface area contributed by atoms with E-state index in [9.17, 15) is 14.7 Å². The lowest BCUT2D eigenvalue weighted by Crippen LogP contribution is -2.29. The Bertz CT molecular complexity index is 1310. The van der Waals surface area contributed by atoms with Crippen LogP contribution < -0.4 is 14.4 Å². The first-order valence-electron chi connectivity index (χ1n) is 10.4. The molecule has 2 aromatic carbocycles. The maximum atomic E-state index is 13.2. The van der Waals surface area contributed by atoms with Crippen molar-refractivity contribution in [3.05, 3.63) is 69.7 Å². The topological polar surface area (TPSA) is 102 Å². The molecule has 1 fully saturated rings. The predicted octanol–water partition coefficient (Wildman–Crippen LogP) is 3.80. The fourth-order valence-corrected chi connectivity index (χ4v) is 4.98. The molecule has 2 aliphatic heterocycles. The molecule has 3 heterocycles. The van der Waals surface area contributed by atoms with Gasteiger partial charge in [0.15, 0.2) is 0 Å². The second-order valence-corrected chi connectivity index (χ2v) is 9.16. The van der Waals surface area contributed by atoms with Crippen molar-refractivity contribution in [2.24, 2.45) is 0 Å². The highest BCUT2D eigenvalue weighted by Gasteiger charge is 2.48. The van der Waals surface area contributed by atoms with Crippen molar-refractivity contribution in [2.75, 3.05) is 12.0 Å². The highest BCUT2D eigenvalue weighted by molar-refractivity contribution is 7.15. The highest BCUT2D eigenvalue weighted by Crippen LogP contribution is 2.44. The summed E-state index contributed by atoms with van der Waals surface area (Å²) in [6.45, 7) is 3.74. The molecule has 1 aromatic heterocycles. The lowest BCUT2D eigenvalue weighted by atomic mass is 9.94. The van der Waals surface area contributed by atoms with Crippen molar-refractivity contribution < 1.29 is 24.2 Å². The van der Waals surface area contributed by atoms with Crippen molar-refractivity contribution in [2.45, 2.75) is 32.4 Å². The molecule has 3 aromatic rings. The first kappa shape index (κ1) is 21.1. The van der Waals surface area contributed by atoms with Crippen molar-refractivity contribution in [3.63, 3.8) is 0 Å². The standard InChI is InChI=1S/C24H21N3O5S/c1-12-9-16-10-15(7-8-18(16)32-12)21(28)19-20(14-5-4-6-17(11-14)31-3)27(23(30)22(19)29)24-26-25-13(2)33-24/h4-8,10-12,20,28H,9H2,1-3H3/b21-19+/t12-,20+/m1/s1. The van der Waals surface area contributed by atoms with E-state index < -0.39 is 17.7 Å². The SMILES string of the molecule is COc1cccc([C@H]2/C(=C(\O)c3ccc4c(c3)C[C@@H](C)O4)C(=O)C(=O)N2c2nnc(C)s2)c1. The summed E-state index contributed by atoms with van der Waals surface area (Å²) in [4.78, 5) is 27.7. The first-order chi connectivity index (χ1) is 15.9. The van der Waals surface area contributed by atoms with E-state index in [-0.39, 0.29) is 22.6 Å². The molecule has 2 aliphatic rings. The van der Waals surface area contributed by atoms with Crippen LogP contribution in [0.2, 0.25) is 0 Å². The number of amides is 1. The molecule has 5 rings (SSSR count). The number of carbonyl (C=O) groups is 2. The zero-order valence-electron chi connectivity index (χ0n) is 18.2. The number of hydrogen-bond donors (Lipinski definition) is 1. The van der Waals surface area contributed by atoms with Gasteiger partial charge >= 0.3 is 5.91 Å². The predicted molar refractivity (Wildman–Crippen MR) is 123 cm³/mol. The number of carbonyl (C=O) groups excluding carboxylic acids is 2. The van der Waals surface area contributed by atoms with E-state index >= 15 is 0 Å². The number of nitrogens with zero attached hydrogens (tertiary/aromatic N) is 3. The quantitative estimate of drug-likeness (QED) is 0.357. The van der Waals surface area contributed by atoms with Gasteiger partial charge in [-0.05, 0) is 55.3 Å². The second kappa shape index (κ2) is 8.00. The number of aryl methyl sites for hydroxylation is 1. The summed E-state index contributed by atoms with van der Waals surface area (Å²) < 4.78 is 11.1. The average Bonchev–Trinajstić information content (AvgIpc) is 3.48. The van der Waals surface area contributed by atoms with Crippen LogP contribution in [0.3, 0.4) is 0 Å². The van der Waals surface area contributed by atoms with Gasteiger partial charge in [-0.3, -0.25) is 14.5 Å². The van der Waals surface area contributed by atoms with Crippen LogP contribution >= 0.6 is 11.3 Å². The van der Waals surface area contributed by atoms with Crippen LogP contribution in [0, 0.1) is 6.92 Å². The van der Waals surface area contributed by atoms with Gasteiger partial charge in [0.05, 0.1) is 18.7 Å². The number of aromatic nitrogens is 2. The molecule has 1 N–H and O–H groups in total. The average molecular weight is 464 g/mol. The lowest BCUT2D eigenvalue weighted by Gasteiger charge is -2.23. The van der Waals surface area contributed by atoms with E-state index in [0.29, 0.717) is 28.3 Å². The van der Waals surface area contributed by atoms with Gasteiger partial charge in [-0.15, -0.1) is 10.2 Å². The Kier molecular flexibility index (Phi) is 5.13. The summed E-state index contributed by atoms with van der Waals surface area (Å²) in [5, 5.41) is 20.4. The fraction of sp³-hybridized carbons (Fsp3) is 0.250. The molecule has 0 spiro atoms. The Balaban J connectivity index is 1.69. The second-order valence-electron chi connectivity index (χ2n) is 8.00. The molecule has 0 radical (unpaired) electrons. The zero-order chi connectivity index (χ0) is 23.3. The molecule has 2 atom stereocenters. The molecular formula is C24H21N3O5S.